The SMILES string of the molecule is C[C@H](c1nc2ccccc2c(=O)[nH]1)N1CCCC1. The summed E-state index contributed by atoms with van der Waals surface area (Å²) < 4.78 is 0. The first-order chi connectivity index (χ1) is 8.75. The summed E-state index contributed by atoms with van der Waals surface area (Å²) in [6.07, 6.45) is 2.48. The third-order valence-electron chi connectivity index (χ3n) is 3.72. The van der Waals surface area contributed by atoms with E-state index in [1.807, 2.05) is 24.3 Å². The van der Waals surface area contributed by atoms with Gasteiger partial charge in [0.2, 0.25) is 0 Å². The van der Waals surface area contributed by atoms with E-state index >= 15 is 0 Å². The molecule has 1 N–H and O–H groups in total. The normalized spacial score (nSPS) is 18.3. The molecule has 1 aromatic carbocycles. The lowest BCUT2D eigenvalue weighted by Crippen LogP contribution is -2.27. The number of fused-ring (bicyclic) bond motifs is 1. The number of likely N-dealkylation sites (tertiary alicyclic amines) is 1. The zero-order valence-corrected chi connectivity index (χ0v) is 10.5. The lowest BCUT2D eigenvalue weighted by atomic mass is 10.2. The van der Waals surface area contributed by atoms with Gasteiger partial charge in [0.1, 0.15) is 5.82 Å². The number of benzene rings is 1. The molecule has 94 valence electrons. The predicted octanol–water partition coefficient (Wildman–Crippen LogP) is 2.08. The van der Waals surface area contributed by atoms with E-state index in [1.165, 1.54) is 12.8 Å². The molecular weight excluding hydrogens is 226 g/mol. The van der Waals surface area contributed by atoms with Gasteiger partial charge in [0.15, 0.2) is 0 Å². The number of H-pyrrole nitrogens is 1. The third kappa shape index (κ3) is 1.93. The van der Waals surface area contributed by atoms with Gasteiger partial charge in [-0.1, -0.05) is 12.1 Å². The van der Waals surface area contributed by atoms with Crippen molar-refractivity contribution in [1.29, 1.82) is 0 Å². The van der Waals surface area contributed by atoms with Gasteiger partial charge in [0, 0.05) is 0 Å². The second-order valence-corrected chi connectivity index (χ2v) is 4.89. The number of hydrogen-bond acceptors (Lipinski definition) is 3. The van der Waals surface area contributed by atoms with Gasteiger partial charge < -0.3 is 4.98 Å². The number of rotatable bonds is 2. The van der Waals surface area contributed by atoms with Crippen molar-refractivity contribution in [3.63, 3.8) is 0 Å². The molecule has 1 aromatic heterocycles. The second kappa shape index (κ2) is 4.53. The van der Waals surface area contributed by atoms with Crippen LogP contribution in [-0.4, -0.2) is 28.0 Å². The van der Waals surface area contributed by atoms with Crippen LogP contribution in [0.2, 0.25) is 0 Å². The van der Waals surface area contributed by atoms with Crippen LogP contribution < -0.4 is 5.56 Å². The van der Waals surface area contributed by atoms with Crippen LogP contribution in [0.25, 0.3) is 10.9 Å². The van der Waals surface area contributed by atoms with E-state index in [2.05, 4.69) is 21.8 Å². The van der Waals surface area contributed by atoms with Gasteiger partial charge in [-0.25, -0.2) is 4.98 Å². The summed E-state index contributed by atoms with van der Waals surface area (Å²) in [6.45, 7) is 4.30. The molecule has 2 aromatic rings. The first-order valence-corrected chi connectivity index (χ1v) is 6.49. The third-order valence-corrected chi connectivity index (χ3v) is 3.72. The van der Waals surface area contributed by atoms with Crippen LogP contribution >= 0.6 is 0 Å². The van der Waals surface area contributed by atoms with Crippen molar-refractivity contribution in [2.75, 3.05) is 13.1 Å². The van der Waals surface area contributed by atoms with Crippen molar-refractivity contribution in [1.82, 2.24) is 14.9 Å². The average Bonchev–Trinajstić information content (AvgIpc) is 2.91. The van der Waals surface area contributed by atoms with Crippen LogP contribution in [-0.2, 0) is 0 Å². The number of para-hydroxylation sites is 1. The van der Waals surface area contributed by atoms with E-state index in [0.29, 0.717) is 5.39 Å². The Bertz CT molecular complexity index is 614. The highest BCUT2D eigenvalue weighted by molar-refractivity contribution is 5.77. The average molecular weight is 243 g/mol. The van der Waals surface area contributed by atoms with Crippen LogP contribution in [0.3, 0.4) is 0 Å². The number of aromatic nitrogens is 2. The maximum atomic E-state index is 12.0. The first-order valence-electron chi connectivity index (χ1n) is 6.49. The highest BCUT2D eigenvalue weighted by Gasteiger charge is 2.21. The molecule has 1 aliphatic rings. The van der Waals surface area contributed by atoms with Gasteiger partial charge in [-0.05, 0) is 45.0 Å². The molecule has 2 heterocycles. The van der Waals surface area contributed by atoms with Gasteiger partial charge in [-0.2, -0.15) is 0 Å². The molecule has 0 bridgehead atoms. The number of hydrogen-bond donors (Lipinski definition) is 1. The Kier molecular flexibility index (Phi) is 2.88. The molecule has 0 saturated carbocycles. The van der Waals surface area contributed by atoms with E-state index in [4.69, 9.17) is 0 Å². The molecular formula is C14H17N3O. The molecule has 1 fully saturated rings. The fourth-order valence-electron chi connectivity index (χ4n) is 2.60. The topological polar surface area (TPSA) is 49.0 Å². The number of nitrogens with one attached hydrogen (secondary N) is 1. The van der Waals surface area contributed by atoms with Gasteiger partial charge in [-0.3, -0.25) is 9.69 Å². The van der Waals surface area contributed by atoms with Crippen LogP contribution in [0.1, 0.15) is 31.6 Å². The summed E-state index contributed by atoms with van der Waals surface area (Å²) in [5, 5.41) is 0.662. The summed E-state index contributed by atoms with van der Waals surface area (Å²) in [5.74, 6) is 0.778. The molecule has 18 heavy (non-hydrogen) atoms. The van der Waals surface area contributed by atoms with Crippen LogP contribution in [0.4, 0.5) is 0 Å². The predicted molar refractivity (Wildman–Crippen MR) is 71.6 cm³/mol. The summed E-state index contributed by atoms with van der Waals surface area (Å²) in [7, 11) is 0. The fourth-order valence-corrected chi connectivity index (χ4v) is 2.60. The van der Waals surface area contributed by atoms with E-state index in [9.17, 15) is 4.79 Å². The zero-order chi connectivity index (χ0) is 12.5. The van der Waals surface area contributed by atoms with Crippen molar-refractivity contribution in [2.24, 2.45) is 0 Å². The van der Waals surface area contributed by atoms with Crippen molar-refractivity contribution >= 4 is 10.9 Å². The molecule has 1 saturated heterocycles. The standard InChI is InChI=1S/C14H17N3O/c1-10(17-8-4-5-9-17)13-15-12-7-3-2-6-11(12)14(18)16-13/h2-3,6-7,10H,4-5,8-9H2,1H3,(H,15,16,18)/t10-/m1/s1. The van der Waals surface area contributed by atoms with Crippen molar-refractivity contribution in [3.8, 4) is 0 Å². The maximum Gasteiger partial charge on any atom is 0.258 e. The Morgan fingerprint density at radius 3 is 2.78 bits per heavy atom. The van der Waals surface area contributed by atoms with Crippen LogP contribution in [0.15, 0.2) is 29.1 Å². The minimum Gasteiger partial charge on any atom is -0.309 e. The molecule has 0 unspecified atom stereocenters. The molecule has 0 amide bonds. The van der Waals surface area contributed by atoms with Gasteiger partial charge >= 0.3 is 0 Å². The second-order valence-electron chi connectivity index (χ2n) is 4.89. The molecule has 0 aliphatic carbocycles. The highest BCUT2D eigenvalue weighted by Crippen LogP contribution is 2.22. The van der Waals surface area contributed by atoms with E-state index in [0.717, 1.165) is 24.4 Å². The Morgan fingerprint density at radius 2 is 2.00 bits per heavy atom. The molecule has 0 radical (unpaired) electrons. The molecule has 4 nitrogen and oxygen atoms in total. The smallest absolute Gasteiger partial charge is 0.258 e. The van der Waals surface area contributed by atoms with E-state index < -0.39 is 0 Å². The Morgan fingerprint density at radius 1 is 1.28 bits per heavy atom. The molecule has 3 rings (SSSR count). The lowest BCUT2D eigenvalue weighted by molar-refractivity contribution is 0.253. The number of nitrogens with zero attached hydrogens (tertiary/aromatic N) is 2. The zero-order valence-electron chi connectivity index (χ0n) is 10.5. The molecule has 1 aliphatic heterocycles. The Balaban J connectivity index is 2.04. The molecule has 1 atom stereocenters. The van der Waals surface area contributed by atoms with Crippen molar-refractivity contribution in [2.45, 2.75) is 25.8 Å². The van der Waals surface area contributed by atoms with Crippen molar-refractivity contribution < 1.29 is 0 Å². The van der Waals surface area contributed by atoms with Gasteiger partial charge in [0.05, 0.1) is 16.9 Å². The molecule has 4 heteroatoms. The minimum absolute atomic E-state index is 0.0401. The van der Waals surface area contributed by atoms with Gasteiger partial charge in [-0.15, -0.1) is 0 Å². The van der Waals surface area contributed by atoms with Crippen LogP contribution in [0, 0.1) is 0 Å². The monoisotopic (exact) mass is 243 g/mol. The summed E-state index contributed by atoms with van der Waals surface area (Å²) in [4.78, 5) is 21.9. The number of aromatic amines is 1. The first kappa shape index (κ1) is 11.4. The Labute approximate surface area is 106 Å². The fraction of sp³-hybridized carbons (Fsp3) is 0.429. The van der Waals surface area contributed by atoms with Crippen molar-refractivity contribution in [3.05, 3.63) is 40.4 Å². The summed E-state index contributed by atoms with van der Waals surface area (Å²) in [6, 6.07) is 7.67. The van der Waals surface area contributed by atoms with Gasteiger partial charge in [0.25, 0.3) is 5.56 Å². The van der Waals surface area contributed by atoms with Crippen LogP contribution in [0.5, 0.6) is 0 Å². The summed E-state index contributed by atoms with van der Waals surface area (Å²) in [5.41, 5.74) is 0.740. The Hall–Kier alpha value is -1.68. The van der Waals surface area contributed by atoms with E-state index in [1.54, 1.807) is 0 Å². The molecule has 0 spiro atoms. The van der Waals surface area contributed by atoms with E-state index in [-0.39, 0.29) is 11.6 Å². The maximum absolute atomic E-state index is 12.0. The lowest BCUT2D eigenvalue weighted by Gasteiger charge is -2.22. The largest absolute Gasteiger partial charge is 0.309 e. The minimum atomic E-state index is -0.0401. The highest BCUT2D eigenvalue weighted by atomic mass is 16.1. The quantitative estimate of drug-likeness (QED) is 0.878. The summed E-state index contributed by atoms with van der Waals surface area (Å²) >= 11 is 0.